The second-order valence-corrected chi connectivity index (χ2v) is 6.08. The van der Waals surface area contributed by atoms with E-state index in [4.69, 9.17) is 14.2 Å². The van der Waals surface area contributed by atoms with Crippen LogP contribution < -0.4 is 0 Å². The molecule has 1 unspecified atom stereocenters. The predicted octanol–water partition coefficient (Wildman–Crippen LogP) is 0.589. The fourth-order valence-corrected chi connectivity index (χ4v) is 3.43. The monoisotopic (exact) mass is 284 g/mol. The molecule has 3 aliphatic rings. The summed E-state index contributed by atoms with van der Waals surface area (Å²) in [7, 11) is 0. The van der Waals surface area contributed by atoms with Crippen molar-refractivity contribution < 1.29 is 14.2 Å². The van der Waals surface area contributed by atoms with Gasteiger partial charge < -0.3 is 19.1 Å². The van der Waals surface area contributed by atoms with Crippen LogP contribution in [0.15, 0.2) is 0 Å². The first-order valence-electron chi connectivity index (χ1n) is 8.15. The Balaban J connectivity index is 1.33. The van der Waals surface area contributed by atoms with Gasteiger partial charge in [0, 0.05) is 52.0 Å². The van der Waals surface area contributed by atoms with Gasteiger partial charge in [-0.25, -0.2) is 0 Å². The zero-order chi connectivity index (χ0) is 13.6. The van der Waals surface area contributed by atoms with Gasteiger partial charge in [-0.3, -0.25) is 4.90 Å². The SMILES string of the molecule is C1CC(N2CCN(CCC3COCCO3)CC2)CCO1. The molecule has 3 saturated heterocycles. The molecule has 0 aromatic rings. The van der Waals surface area contributed by atoms with E-state index in [1.54, 1.807) is 0 Å². The van der Waals surface area contributed by atoms with Crippen LogP contribution in [0.5, 0.6) is 0 Å². The standard InChI is InChI=1S/C15H28N2O3/c1(15-13-19-11-12-20-15)4-16-5-7-17(8-6-16)14-2-9-18-10-3-14/h14-15H,1-13H2. The molecule has 5 nitrogen and oxygen atoms in total. The molecule has 116 valence electrons. The van der Waals surface area contributed by atoms with E-state index in [0.717, 1.165) is 52.0 Å². The van der Waals surface area contributed by atoms with Gasteiger partial charge in [-0.2, -0.15) is 0 Å². The summed E-state index contributed by atoms with van der Waals surface area (Å²) in [6.07, 6.45) is 3.86. The van der Waals surface area contributed by atoms with Crippen molar-refractivity contribution in [3.05, 3.63) is 0 Å². The van der Waals surface area contributed by atoms with Gasteiger partial charge in [0.25, 0.3) is 0 Å². The third-order valence-electron chi connectivity index (χ3n) is 4.77. The summed E-state index contributed by atoms with van der Waals surface area (Å²) in [6.45, 7) is 10.2. The average molecular weight is 284 g/mol. The van der Waals surface area contributed by atoms with Crippen molar-refractivity contribution in [3.8, 4) is 0 Å². The lowest BCUT2D eigenvalue weighted by molar-refractivity contribution is -0.0936. The van der Waals surface area contributed by atoms with E-state index >= 15 is 0 Å². The highest BCUT2D eigenvalue weighted by atomic mass is 16.6. The van der Waals surface area contributed by atoms with Crippen molar-refractivity contribution >= 4 is 0 Å². The molecule has 0 aromatic heterocycles. The van der Waals surface area contributed by atoms with Gasteiger partial charge in [-0.1, -0.05) is 0 Å². The molecular formula is C15H28N2O3. The van der Waals surface area contributed by atoms with Crippen LogP contribution in [0.2, 0.25) is 0 Å². The minimum absolute atomic E-state index is 0.317. The zero-order valence-electron chi connectivity index (χ0n) is 12.5. The van der Waals surface area contributed by atoms with E-state index in [0.29, 0.717) is 6.10 Å². The molecule has 3 rings (SSSR count). The summed E-state index contributed by atoms with van der Waals surface area (Å²) in [6, 6.07) is 0.765. The molecule has 0 saturated carbocycles. The molecule has 5 heteroatoms. The zero-order valence-corrected chi connectivity index (χ0v) is 12.5. The topological polar surface area (TPSA) is 34.2 Å². The van der Waals surface area contributed by atoms with Gasteiger partial charge in [0.2, 0.25) is 0 Å². The summed E-state index contributed by atoms with van der Waals surface area (Å²) >= 11 is 0. The fraction of sp³-hybridized carbons (Fsp3) is 1.00. The van der Waals surface area contributed by atoms with E-state index in [1.807, 2.05) is 0 Å². The third kappa shape index (κ3) is 4.15. The minimum Gasteiger partial charge on any atom is -0.381 e. The molecular weight excluding hydrogens is 256 g/mol. The van der Waals surface area contributed by atoms with E-state index in [2.05, 4.69) is 9.80 Å². The molecule has 0 aromatic carbocycles. The first-order chi connectivity index (χ1) is 9.92. The predicted molar refractivity (Wildman–Crippen MR) is 77.0 cm³/mol. The fourth-order valence-electron chi connectivity index (χ4n) is 3.43. The Kier molecular flexibility index (Phi) is 5.67. The maximum absolute atomic E-state index is 5.71. The summed E-state index contributed by atoms with van der Waals surface area (Å²) in [5.74, 6) is 0. The van der Waals surface area contributed by atoms with Gasteiger partial charge in [0.05, 0.1) is 25.9 Å². The summed E-state index contributed by atoms with van der Waals surface area (Å²) < 4.78 is 16.6. The Bertz CT molecular complexity index is 270. The molecule has 0 amide bonds. The Hall–Kier alpha value is -0.200. The Morgan fingerprint density at radius 2 is 1.65 bits per heavy atom. The van der Waals surface area contributed by atoms with E-state index in [9.17, 15) is 0 Å². The van der Waals surface area contributed by atoms with Gasteiger partial charge in [0.1, 0.15) is 0 Å². The van der Waals surface area contributed by atoms with Crippen LogP contribution in [0.1, 0.15) is 19.3 Å². The quantitative estimate of drug-likeness (QED) is 0.755. The first kappa shape index (κ1) is 14.7. The smallest absolute Gasteiger partial charge is 0.0821 e. The average Bonchev–Trinajstić information content (AvgIpc) is 2.55. The highest BCUT2D eigenvalue weighted by Gasteiger charge is 2.25. The van der Waals surface area contributed by atoms with Crippen LogP contribution in [-0.4, -0.2) is 87.7 Å². The molecule has 0 aliphatic carbocycles. The largest absolute Gasteiger partial charge is 0.381 e. The molecule has 3 heterocycles. The highest BCUT2D eigenvalue weighted by Crippen LogP contribution is 2.17. The number of nitrogens with zero attached hydrogens (tertiary/aromatic N) is 2. The van der Waals surface area contributed by atoms with Crippen molar-refractivity contribution in [1.29, 1.82) is 0 Å². The van der Waals surface area contributed by atoms with Crippen LogP contribution in [0.3, 0.4) is 0 Å². The Labute approximate surface area is 122 Å². The summed E-state index contributed by atoms with van der Waals surface area (Å²) in [5, 5.41) is 0. The lowest BCUT2D eigenvalue weighted by atomic mass is 10.1. The third-order valence-corrected chi connectivity index (χ3v) is 4.77. The molecule has 0 radical (unpaired) electrons. The molecule has 1 atom stereocenters. The number of hydrogen-bond donors (Lipinski definition) is 0. The number of rotatable bonds is 4. The van der Waals surface area contributed by atoms with Gasteiger partial charge >= 0.3 is 0 Å². The van der Waals surface area contributed by atoms with Gasteiger partial charge in [0.15, 0.2) is 0 Å². The summed E-state index contributed by atoms with van der Waals surface area (Å²) in [5.41, 5.74) is 0. The van der Waals surface area contributed by atoms with Crippen molar-refractivity contribution in [1.82, 2.24) is 9.80 Å². The van der Waals surface area contributed by atoms with Crippen LogP contribution in [0.4, 0.5) is 0 Å². The molecule has 0 bridgehead atoms. The molecule has 3 fully saturated rings. The van der Waals surface area contributed by atoms with E-state index in [-0.39, 0.29) is 0 Å². The van der Waals surface area contributed by atoms with Crippen LogP contribution in [-0.2, 0) is 14.2 Å². The number of piperazine rings is 1. The molecule has 3 aliphatic heterocycles. The number of hydrogen-bond acceptors (Lipinski definition) is 5. The van der Waals surface area contributed by atoms with Crippen molar-refractivity contribution in [3.63, 3.8) is 0 Å². The van der Waals surface area contributed by atoms with Crippen LogP contribution in [0.25, 0.3) is 0 Å². The normalized spacial score (nSPS) is 31.5. The maximum atomic E-state index is 5.71. The van der Waals surface area contributed by atoms with Crippen LogP contribution >= 0.6 is 0 Å². The highest BCUT2D eigenvalue weighted by molar-refractivity contribution is 4.80. The van der Waals surface area contributed by atoms with E-state index < -0.39 is 0 Å². The second-order valence-electron chi connectivity index (χ2n) is 6.08. The Morgan fingerprint density at radius 1 is 0.850 bits per heavy atom. The summed E-state index contributed by atoms with van der Waals surface area (Å²) in [4.78, 5) is 5.24. The minimum atomic E-state index is 0.317. The number of ether oxygens (including phenoxy) is 3. The van der Waals surface area contributed by atoms with Gasteiger partial charge in [-0.15, -0.1) is 0 Å². The van der Waals surface area contributed by atoms with E-state index in [1.165, 1.54) is 39.0 Å². The van der Waals surface area contributed by atoms with Crippen molar-refractivity contribution in [2.24, 2.45) is 0 Å². The Morgan fingerprint density at radius 3 is 2.35 bits per heavy atom. The van der Waals surface area contributed by atoms with Crippen LogP contribution in [0, 0.1) is 0 Å². The molecule has 20 heavy (non-hydrogen) atoms. The molecule has 0 N–H and O–H groups in total. The lowest BCUT2D eigenvalue weighted by Crippen LogP contribution is -2.52. The maximum Gasteiger partial charge on any atom is 0.0821 e. The van der Waals surface area contributed by atoms with Crippen molar-refractivity contribution in [2.45, 2.75) is 31.4 Å². The first-order valence-corrected chi connectivity index (χ1v) is 8.15. The van der Waals surface area contributed by atoms with Crippen molar-refractivity contribution in [2.75, 3.05) is 65.8 Å². The van der Waals surface area contributed by atoms with Gasteiger partial charge in [-0.05, 0) is 19.3 Å². The second kappa shape index (κ2) is 7.71. The molecule has 0 spiro atoms. The lowest BCUT2D eigenvalue weighted by Gasteiger charge is -2.41.